The largest absolute Gasteiger partial charge is 0.388 e. The standard InChI is InChI=1S/C13H19N3O/c1-5-13(2)12(17)15-10-8-9(14-3)6-7-11(10)16(13)4/h6-8,14H,5H2,1-4H3,(H,15,17). The van der Waals surface area contributed by atoms with E-state index in [0.717, 1.165) is 23.5 Å². The normalized spacial score (nSPS) is 23.1. The zero-order valence-corrected chi connectivity index (χ0v) is 10.8. The Hall–Kier alpha value is -1.71. The van der Waals surface area contributed by atoms with Crippen molar-refractivity contribution in [3.05, 3.63) is 18.2 Å². The summed E-state index contributed by atoms with van der Waals surface area (Å²) in [6, 6.07) is 6.01. The van der Waals surface area contributed by atoms with Crippen molar-refractivity contribution in [2.45, 2.75) is 25.8 Å². The summed E-state index contributed by atoms with van der Waals surface area (Å²) in [5.74, 6) is 0.0586. The first-order valence-electron chi connectivity index (χ1n) is 5.90. The number of carbonyl (C=O) groups excluding carboxylic acids is 1. The third-order valence-electron chi connectivity index (χ3n) is 3.81. The van der Waals surface area contributed by atoms with Gasteiger partial charge in [-0.2, -0.15) is 0 Å². The predicted octanol–water partition coefficient (Wildman–Crippen LogP) is 2.29. The highest BCUT2D eigenvalue weighted by Crippen LogP contribution is 2.38. The number of hydrogen-bond donors (Lipinski definition) is 2. The molecule has 1 aromatic carbocycles. The van der Waals surface area contributed by atoms with E-state index in [2.05, 4.69) is 15.5 Å². The summed E-state index contributed by atoms with van der Waals surface area (Å²) in [6.07, 6.45) is 0.780. The molecule has 4 heteroatoms. The van der Waals surface area contributed by atoms with Gasteiger partial charge in [0.05, 0.1) is 11.4 Å². The van der Waals surface area contributed by atoms with Gasteiger partial charge in [-0.05, 0) is 31.5 Å². The molecule has 1 amide bonds. The number of nitrogens with zero attached hydrogens (tertiary/aromatic N) is 1. The van der Waals surface area contributed by atoms with E-state index in [-0.39, 0.29) is 5.91 Å². The maximum absolute atomic E-state index is 12.1. The topological polar surface area (TPSA) is 44.4 Å². The summed E-state index contributed by atoms with van der Waals surface area (Å²) < 4.78 is 0. The summed E-state index contributed by atoms with van der Waals surface area (Å²) in [4.78, 5) is 14.2. The fourth-order valence-electron chi connectivity index (χ4n) is 2.16. The summed E-state index contributed by atoms with van der Waals surface area (Å²) in [5.41, 5.74) is 2.47. The van der Waals surface area contributed by atoms with Gasteiger partial charge in [-0.1, -0.05) is 6.92 Å². The number of fused-ring (bicyclic) bond motifs is 1. The third-order valence-corrected chi connectivity index (χ3v) is 3.81. The highest BCUT2D eigenvalue weighted by molar-refractivity contribution is 6.06. The summed E-state index contributed by atoms with van der Waals surface area (Å²) >= 11 is 0. The van der Waals surface area contributed by atoms with Crippen LogP contribution in [0.25, 0.3) is 0 Å². The quantitative estimate of drug-likeness (QED) is 0.823. The lowest BCUT2D eigenvalue weighted by atomic mass is 9.92. The van der Waals surface area contributed by atoms with Crippen molar-refractivity contribution in [3.63, 3.8) is 0 Å². The molecule has 2 rings (SSSR count). The number of amides is 1. The zero-order chi connectivity index (χ0) is 12.6. The van der Waals surface area contributed by atoms with Crippen LogP contribution in [0.4, 0.5) is 17.1 Å². The number of hydrogen-bond acceptors (Lipinski definition) is 3. The molecule has 0 saturated heterocycles. The maximum atomic E-state index is 12.1. The maximum Gasteiger partial charge on any atom is 0.250 e. The molecule has 2 N–H and O–H groups in total. The van der Waals surface area contributed by atoms with Crippen LogP contribution in [0, 0.1) is 0 Å². The first-order valence-corrected chi connectivity index (χ1v) is 5.90. The number of rotatable bonds is 2. The van der Waals surface area contributed by atoms with Gasteiger partial charge in [-0.15, -0.1) is 0 Å². The van der Waals surface area contributed by atoms with Gasteiger partial charge in [0.2, 0.25) is 5.91 Å². The third kappa shape index (κ3) is 1.64. The second kappa shape index (κ2) is 3.95. The molecule has 92 valence electrons. The van der Waals surface area contributed by atoms with Gasteiger partial charge in [0, 0.05) is 19.8 Å². The van der Waals surface area contributed by atoms with Gasteiger partial charge in [-0.25, -0.2) is 0 Å². The number of carbonyl (C=O) groups is 1. The molecular formula is C13H19N3O. The van der Waals surface area contributed by atoms with Gasteiger partial charge < -0.3 is 15.5 Å². The summed E-state index contributed by atoms with van der Waals surface area (Å²) in [5, 5.41) is 6.06. The van der Waals surface area contributed by atoms with Crippen molar-refractivity contribution < 1.29 is 4.79 Å². The molecule has 1 atom stereocenters. The Morgan fingerprint density at radius 1 is 1.47 bits per heavy atom. The van der Waals surface area contributed by atoms with Gasteiger partial charge in [0.1, 0.15) is 5.54 Å². The van der Waals surface area contributed by atoms with Crippen LogP contribution in [0.2, 0.25) is 0 Å². The molecule has 1 unspecified atom stereocenters. The molecule has 0 aliphatic carbocycles. The average Bonchev–Trinajstić information content (AvgIpc) is 2.35. The van der Waals surface area contributed by atoms with Crippen molar-refractivity contribution in [1.82, 2.24) is 0 Å². The van der Waals surface area contributed by atoms with Crippen LogP contribution in [0.1, 0.15) is 20.3 Å². The van der Waals surface area contributed by atoms with Crippen LogP contribution >= 0.6 is 0 Å². The monoisotopic (exact) mass is 233 g/mol. The second-order valence-electron chi connectivity index (χ2n) is 4.62. The van der Waals surface area contributed by atoms with Gasteiger partial charge in [0.25, 0.3) is 0 Å². The second-order valence-corrected chi connectivity index (χ2v) is 4.62. The van der Waals surface area contributed by atoms with E-state index in [1.807, 2.05) is 46.1 Å². The SMILES string of the molecule is CCC1(C)C(=O)Nc2cc(NC)ccc2N1C. The predicted molar refractivity (Wildman–Crippen MR) is 71.7 cm³/mol. The first-order chi connectivity index (χ1) is 8.02. The Kier molecular flexibility index (Phi) is 2.73. The molecule has 17 heavy (non-hydrogen) atoms. The fraction of sp³-hybridized carbons (Fsp3) is 0.462. The Bertz CT molecular complexity index is 458. The highest BCUT2D eigenvalue weighted by Gasteiger charge is 2.40. The fourth-order valence-corrected chi connectivity index (χ4v) is 2.16. The Morgan fingerprint density at radius 3 is 2.76 bits per heavy atom. The van der Waals surface area contributed by atoms with Crippen LogP contribution in [0.3, 0.4) is 0 Å². The van der Waals surface area contributed by atoms with Crippen molar-refractivity contribution in [1.29, 1.82) is 0 Å². The molecule has 0 fully saturated rings. The van der Waals surface area contributed by atoms with E-state index >= 15 is 0 Å². The molecule has 0 spiro atoms. The Labute approximate surface area is 102 Å². The molecule has 4 nitrogen and oxygen atoms in total. The van der Waals surface area contributed by atoms with E-state index in [1.165, 1.54) is 0 Å². The van der Waals surface area contributed by atoms with Crippen LogP contribution < -0.4 is 15.5 Å². The smallest absolute Gasteiger partial charge is 0.250 e. The number of nitrogens with one attached hydrogen (secondary N) is 2. The van der Waals surface area contributed by atoms with Gasteiger partial charge >= 0.3 is 0 Å². The lowest BCUT2D eigenvalue weighted by Crippen LogP contribution is -2.56. The summed E-state index contributed by atoms with van der Waals surface area (Å²) in [6.45, 7) is 4.00. The number of anilines is 3. The number of benzene rings is 1. The van der Waals surface area contributed by atoms with Crippen LogP contribution in [-0.2, 0) is 4.79 Å². The highest BCUT2D eigenvalue weighted by atomic mass is 16.2. The Balaban J connectivity index is 2.49. The van der Waals surface area contributed by atoms with Crippen LogP contribution in [0.5, 0.6) is 0 Å². The lowest BCUT2D eigenvalue weighted by molar-refractivity contribution is -0.121. The molecule has 0 aromatic heterocycles. The minimum absolute atomic E-state index is 0.0586. The van der Waals surface area contributed by atoms with Crippen LogP contribution in [0.15, 0.2) is 18.2 Å². The zero-order valence-electron chi connectivity index (χ0n) is 10.8. The van der Waals surface area contributed by atoms with E-state index in [9.17, 15) is 4.79 Å². The number of likely N-dealkylation sites (N-methyl/N-ethyl adjacent to an activating group) is 1. The minimum atomic E-state index is -0.464. The molecule has 0 bridgehead atoms. The van der Waals surface area contributed by atoms with Gasteiger partial charge in [-0.3, -0.25) is 4.79 Å². The summed E-state index contributed by atoms with van der Waals surface area (Å²) in [7, 11) is 3.84. The van der Waals surface area contributed by atoms with Crippen molar-refractivity contribution >= 4 is 23.0 Å². The molecule has 1 aliphatic heterocycles. The van der Waals surface area contributed by atoms with Crippen molar-refractivity contribution in [2.24, 2.45) is 0 Å². The molecule has 1 heterocycles. The van der Waals surface area contributed by atoms with E-state index in [4.69, 9.17) is 0 Å². The van der Waals surface area contributed by atoms with E-state index in [1.54, 1.807) is 0 Å². The molecular weight excluding hydrogens is 214 g/mol. The molecule has 1 aromatic rings. The lowest BCUT2D eigenvalue weighted by Gasteiger charge is -2.43. The molecule has 0 saturated carbocycles. The van der Waals surface area contributed by atoms with E-state index < -0.39 is 5.54 Å². The molecule has 0 radical (unpaired) electrons. The Morgan fingerprint density at radius 2 is 2.18 bits per heavy atom. The van der Waals surface area contributed by atoms with Crippen molar-refractivity contribution in [3.8, 4) is 0 Å². The minimum Gasteiger partial charge on any atom is -0.388 e. The van der Waals surface area contributed by atoms with Crippen LogP contribution in [-0.4, -0.2) is 25.5 Å². The first kappa shape index (κ1) is 11.8. The molecule has 1 aliphatic rings. The average molecular weight is 233 g/mol. The van der Waals surface area contributed by atoms with Gasteiger partial charge in [0.15, 0.2) is 0 Å². The van der Waals surface area contributed by atoms with E-state index in [0.29, 0.717) is 0 Å². The van der Waals surface area contributed by atoms with Crippen molar-refractivity contribution in [2.75, 3.05) is 29.6 Å².